The molecule has 1 aromatic rings. The minimum Gasteiger partial charge on any atom is -0.481 e. The molecule has 134 valence electrons. The van der Waals surface area contributed by atoms with Crippen LogP contribution < -0.4 is 0 Å². The molecule has 1 N–H and O–H groups in total. The van der Waals surface area contributed by atoms with E-state index in [0.717, 1.165) is 10.4 Å². The normalized spacial score (nSPS) is 23.2. The summed E-state index contributed by atoms with van der Waals surface area (Å²) in [5.74, 6) is -2.29. The molecule has 5 nitrogen and oxygen atoms in total. The first kappa shape index (κ1) is 19.0. The zero-order valence-corrected chi connectivity index (χ0v) is 14.1. The minimum atomic E-state index is -4.71. The lowest BCUT2D eigenvalue weighted by Crippen LogP contribution is -2.45. The van der Waals surface area contributed by atoms with Gasteiger partial charge in [-0.2, -0.15) is 17.5 Å². The van der Waals surface area contributed by atoms with E-state index in [1.807, 2.05) is 0 Å². The van der Waals surface area contributed by atoms with Gasteiger partial charge >= 0.3 is 12.1 Å². The number of aliphatic carboxylic acids is 1. The first-order valence-corrected chi connectivity index (χ1v) is 8.84. The average molecular weight is 386 g/mol. The van der Waals surface area contributed by atoms with Gasteiger partial charge in [0.05, 0.1) is 16.5 Å². The fourth-order valence-corrected chi connectivity index (χ4v) is 4.80. The molecule has 0 spiro atoms. The molecule has 0 saturated carbocycles. The maximum Gasteiger partial charge on any atom is 0.416 e. The predicted octanol–water partition coefficient (Wildman–Crippen LogP) is 3.09. The van der Waals surface area contributed by atoms with Crippen molar-refractivity contribution in [1.82, 2.24) is 4.31 Å². The van der Waals surface area contributed by atoms with E-state index in [0.29, 0.717) is 18.6 Å². The van der Waals surface area contributed by atoms with Crippen LogP contribution in [0.15, 0.2) is 23.1 Å². The van der Waals surface area contributed by atoms with Crippen LogP contribution in [0.1, 0.15) is 18.9 Å². The van der Waals surface area contributed by atoms with Crippen LogP contribution in [0.4, 0.5) is 13.2 Å². The van der Waals surface area contributed by atoms with E-state index in [4.69, 9.17) is 16.7 Å². The lowest BCUT2D eigenvalue weighted by Gasteiger charge is -2.34. The third-order valence-electron chi connectivity index (χ3n) is 3.85. The average Bonchev–Trinajstić information content (AvgIpc) is 2.45. The Hall–Kier alpha value is -1.32. The molecule has 1 fully saturated rings. The van der Waals surface area contributed by atoms with Gasteiger partial charge in [-0.15, -0.1) is 0 Å². The standard InChI is InChI=1S/C14H15ClF3NO4S/c1-8-4-9(13(20)21)7-19(6-8)24(22,23)12-5-10(14(16,17)18)2-3-11(12)15/h2-3,5,8-9H,4,6-7H2,1H3,(H,20,21). The number of hydrogen-bond donors (Lipinski definition) is 1. The van der Waals surface area contributed by atoms with Gasteiger partial charge in [0.1, 0.15) is 4.90 Å². The van der Waals surface area contributed by atoms with Gasteiger partial charge in [-0.25, -0.2) is 8.42 Å². The number of halogens is 4. The number of carboxylic acids is 1. The van der Waals surface area contributed by atoms with E-state index >= 15 is 0 Å². The van der Waals surface area contributed by atoms with Crippen molar-refractivity contribution in [3.63, 3.8) is 0 Å². The zero-order valence-electron chi connectivity index (χ0n) is 12.5. The van der Waals surface area contributed by atoms with Crippen molar-refractivity contribution in [2.24, 2.45) is 11.8 Å². The van der Waals surface area contributed by atoms with Crippen LogP contribution in [0.3, 0.4) is 0 Å². The van der Waals surface area contributed by atoms with Crippen molar-refractivity contribution >= 4 is 27.6 Å². The third-order valence-corrected chi connectivity index (χ3v) is 6.17. The largest absolute Gasteiger partial charge is 0.481 e. The maximum absolute atomic E-state index is 12.8. The van der Waals surface area contributed by atoms with Crippen LogP contribution in [-0.4, -0.2) is 36.9 Å². The number of carboxylic acid groups (broad SMARTS) is 1. The number of hydrogen-bond acceptors (Lipinski definition) is 3. The van der Waals surface area contributed by atoms with Crippen molar-refractivity contribution in [2.75, 3.05) is 13.1 Å². The fraction of sp³-hybridized carbons (Fsp3) is 0.500. The highest BCUT2D eigenvalue weighted by molar-refractivity contribution is 7.89. The molecule has 1 aliphatic rings. The third kappa shape index (κ3) is 3.84. The Balaban J connectivity index is 2.45. The summed E-state index contributed by atoms with van der Waals surface area (Å²) < 4.78 is 64.7. The summed E-state index contributed by atoms with van der Waals surface area (Å²) in [6.45, 7) is 1.42. The molecular weight excluding hydrogens is 371 g/mol. The molecule has 1 saturated heterocycles. The molecule has 2 unspecified atom stereocenters. The highest BCUT2D eigenvalue weighted by Gasteiger charge is 2.38. The molecule has 1 heterocycles. The number of carbonyl (C=O) groups is 1. The highest BCUT2D eigenvalue weighted by Crippen LogP contribution is 2.35. The van der Waals surface area contributed by atoms with Crippen molar-refractivity contribution < 1.29 is 31.5 Å². The summed E-state index contributed by atoms with van der Waals surface area (Å²) in [5.41, 5.74) is -1.13. The monoisotopic (exact) mass is 385 g/mol. The molecule has 10 heteroatoms. The Morgan fingerprint density at radius 1 is 1.33 bits per heavy atom. The second-order valence-electron chi connectivity index (χ2n) is 5.84. The molecule has 0 aliphatic carbocycles. The van der Waals surface area contributed by atoms with E-state index in [-0.39, 0.29) is 24.0 Å². The molecule has 0 bridgehead atoms. The molecule has 0 aromatic heterocycles. The first-order valence-electron chi connectivity index (χ1n) is 7.02. The van der Waals surface area contributed by atoms with Gasteiger partial charge in [0.25, 0.3) is 0 Å². The number of benzene rings is 1. The fourth-order valence-electron chi connectivity index (χ4n) is 2.69. The van der Waals surface area contributed by atoms with E-state index in [1.54, 1.807) is 6.92 Å². The van der Waals surface area contributed by atoms with Crippen molar-refractivity contribution in [1.29, 1.82) is 0 Å². The van der Waals surface area contributed by atoms with Gasteiger partial charge in [-0.05, 0) is 30.5 Å². The van der Waals surface area contributed by atoms with Crippen LogP contribution in [0, 0.1) is 11.8 Å². The number of nitrogens with zero attached hydrogens (tertiary/aromatic N) is 1. The van der Waals surface area contributed by atoms with Gasteiger partial charge in [0.2, 0.25) is 10.0 Å². The van der Waals surface area contributed by atoms with Crippen LogP contribution in [0.2, 0.25) is 5.02 Å². The van der Waals surface area contributed by atoms with E-state index < -0.39 is 38.5 Å². The summed E-state index contributed by atoms with van der Waals surface area (Å²) in [4.78, 5) is 10.5. The first-order chi connectivity index (χ1) is 10.9. The topological polar surface area (TPSA) is 74.7 Å². The number of piperidine rings is 1. The van der Waals surface area contributed by atoms with Crippen LogP contribution >= 0.6 is 11.6 Å². The summed E-state index contributed by atoms with van der Waals surface area (Å²) >= 11 is 5.80. The molecule has 0 amide bonds. The van der Waals surface area contributed by atoms with Crippen molar-refractivity contribution in [2.45, 2.75) is 24.4 Å². The Morgan fingerprint density at radius 2 is 1.96 bits per heavy atom. The smallest absolute Gasteiger partial charge is 0.416 e. The second-order valence-corrected chi connectivity index (χ2v) is 8.15. The van der Waals surface area contributed by atoms with Crippen LogP contribution in [0.5, 0.6) is 0 Å². The zero-order chi connectivity index (χ0) is 18.3. The van der Waals surface area contributed by atoms with Crippen LogP contribution in [-0.2, 0) is 21.0 Å². The molecule has 0 radical (unpaired) electrons. The Labute approximate surface area is 142 Å². The number of alkyl halides is 3. The van der Waals surface area contributed by atoms with E-state index in [2.05, 4.69) is 0 Å². The Kier molecular flexibility index (Phi) is 5.17. The van der Waals surface area contributed by atoms with Gasteiger partial charge in [0, 0.05) is 13.1 Å². The minimum absolute atomic E-state index is 0.0265. The van der Waals surface area contributed by atoms with Gasteiger partial charge in [0.15, 0.2) is 0 Å². The SMILES string of the molecule is CC1CC(C(=O)O)CN(S(=O)(=O)c2cc(C(F)(F)F)ccc2Cl)C1. The van der Waals surface area contributed by atoms with Gasteiger partial charge < -0.3 is 5.11 Å². The summed E-state index contributed by atoms with van der Waals surface area (Å²) in [6, 6.07) is 2.05. The Morgan fingerprint density at radius 3 is 2.50 bits per heavy atom. The molecular formula is C14H15ClF3NO4S. The van der Waals surface area contributed by atoms with Crippen molar-refractivity contribution in [3.05, 3.63) is 28.8 Å². The molecule has 2 atom stereocenters. The molecule has 1 aliphatic heterocycles. The van der Waals surface area contributed by atoms with Crippen molar-refractivity contribution in [3.8, 4) is 0 Å². The highest BCUT2D eigenvalue weighted by atomic mass is 35.5. The maximum atomic E-state index is 12.8. The lowest BCUT2D eigenvalue weighted by molar-refractivity contribution is -0.143. The van der Waals surface area contributed by atoms with Crippen LogP contribution in [0.25, 0.3) is 0 Å². The predicted molar refractivity (Wildman–Crippen MR) is 80.1 cm³/mol. The summed E-state index contributed by atoms with van der Waals surface area (Å²) in [5, 5.41) is 8.78. The van der Waals surface area contributed by atoms with Gasteiger partial charge in [-0.3, -0.25) is 4.79 Å². The summed E-state index contributed by atoms with van der Waals surface area (Å²) in [6.07, 6.45) is -4.41. The Bertz CT molecular complexity index is 751. The molecule has 2 rings (SSSR count). The second kappa shape index (κ2) is 6.53. The summed E-state index contributed by atoms with van der Waals surface area (Å²) in [7, 11) is -4.34. The van der Waals surface area contributed by atoms with E-state index in [9.17, 15) is 26.4 Å². The molecule has 1 aromatic carbocycles. The lowest BCUT2D eigenvalue weighted by atomic mass is 9.92. The quantitative estimate of drug-likeness (QED) is 0.867. The van der Waals surface area contributed by atoms with Gasteiger partial charge in [-0.1, -0.05) is 18.5 Å². The number of rotatable bonds is 3. The molecule has 24 heavy (non-hydrogen) atoms. The van der Waals surface area contributed by atoms with E-state index in [1.165, 1.54) is 0 Å². The number of sulfonamides is 1.